The van der Waals surface area contributed by atoms with Crippen LogP contribution < -0.4 is 5.32 Å². The molecule has 0 spiro atoms. The molecule has 0 bridgehead atoms. The average molecular weight is 311 g/mol. The Morgan fingerprint density at radius 1 is 1.15 bits per heavy atom. The van der Waals surface area contributed by atoms with Crippen LogP contribution in [0.4, 0.5) is 5.69 Å². The number of anilines is 1. The molecule has 0 aliphatic carbocycles. The SMILES string of the molecule is O=C(Nc1cc(Cl)ccc1C(=O)O)c1cccc(Cl)n1. The summed E-state index contributed by atoms with van der Waals surface area (Å²) < 4.78 is 0. The Balaban J connectivity index is 2.32. The molecule has 102 valence electrons. The van der Waals surface area contributed by atoms with Gasteiger partial charge >= 0.3 is 5.97 Å². The van der Waals surface area contributed by atoms with E-state index in [1.165, 1.54) is 30.3 Å². The summed E-state index contributed by atoms with van der Waals surface area (Å²) >= 11 is 11.5. The quantitative estimate of drug-likeness (QED) is 0.852. The molecule has 2 aromatic rings. The summed E-state index contributed by atoms with van der Waals surface area (Å²) in [5.74, 6) is -1.74. The van der Waals surface area contributed by atoms with E-state index in [-0.39, 0.29) is 22.1 Å². The molecule has 0 radical (unpaired) electrons. The van der Waals surface area contributed by atoms with Gasteiger partial charge in [0.05, 0.1) is 11.3 Å². The van der Waals surface area contributed by atoms with Crippen molar-refractivity contribution in [3.8, 4) is 0 Å². The zero-order chi connectivity index (χ0) is 14.7. The predicted octanol–water partition coefficient (Wildman–Crippen LogP) is 3.34. The molecule has 2 N–H and O–H groups in total. The van der Waals surface area contributed by atoms with Crippen molar-refractivity contribution < 1.29 is 14.7 Å². The third-order valence-corrected chi connectivity index (χ3v) is 2.85. The number of amides is 1. The first kappa shape index (κ1) is 14.3. The molecule has 1 amide bonds. The van der Waals surface area contributed by atoms with Crippen molar-refractivity contribution >= 4 is 40.8 Å². The molecule has 0 atom stereocenters. The number of hydrogen-bond acceptors (Lipinski definition) is 3. The summed E-state index contributed by atoms with van der Waals surface area (Å²) in [6.07, 6.45) is 0. The summed E-state index contributed by atoms with van der Waals surface area (Å²) in [4.78, 5) is 26.9. The topological polar surface area (TPSA) is 79.3 Å². The molecule has 7 heteroatoms. The first-order valence-electron chi connectivity index (χ1n) is 5.44. The largest absolute Gasteiger partial charge is 0.478 e. The molecule has 0 unspecified atom stereocenters. The van der Waals surface area contributed by atoms with Gasteiger partial charge in [-0.3, -0.25) is 4.79 Å². The van der Waals surface area contributed by atoms with Crippen LogP contribution in [0.1, 0.15) is 20.8 Å². The minimum Gasteiger partial charge on any atom is -0.478 e. The molecule has 1 heterocycles. The van der Waals surface area contributed by atoms with Gasteiger partial charge in [0.25, 0.3) is 5.91 Å². The van der Waals surface area contributed by atoms with E-state index in [0.717, 1.165) is 0 Å². The maximum atomic E-state index is 12.0. The Kier molecular flexibility index (Phi) is 4.22. The lowest BCUT2D eigenvalue weighted by molar-refractivity contribution is 0.0698. The van der Waals surface area contributed by atoms with Gasteiger partial charge in [-0.2, -0.15) is 0 Å². The molecule has 5 nitrogen and oxygen atoms in total. The fraction of sp³-hybridized carbons (Fsp3) is 0. The number of nitrogens with one attached hydrogen (secondary N) is 1. The average Bonchev–Trinajstić information content (AvgIpc) is 2.38. The molecule has 20 heavy (non-hydrogen) atoms. The zero-order valence-corrected chi connectivity index (χ0v) is 11.4. The molecule has 0 saturated heterocycles. The van der Waals surface area contributed by atoms with E-state index < -0.39 is 11.9 Å². The fourth-order valence-electron chi connectivity index (χ4n) is 1.53. The minimum absolute atomic E-state index is 0.0650. The van der Waals surface area contributed by atoms with E-state index in [0.29, 0.717) is 5.02 Å². The van der Waals surface area contributed by atoms with Gasteiger partial charge in [-0.15, -0.1) is 0 Å². The standard InChI is InChI=1S/C13H8Cl2N2O3/c14-7-4-5-8(13(19)20)10(6-7)17-12(18)9-2-1-3-11(15)16-9/h1-6H,(H,17,18)(H,19,20). The number of benzene rings is 1. The fourth-order valence-corrected chi connectivity index (χ4v) is 1.86. The summed E-state index contributed by atoms with van der Waals surface area (Å²) in [6.45, 7) is 0. The van der Waals surface area contributed by atoms with Crippen molar-refractivity contribution in [2.45, 2.75) is 0 Å². The van der Waals surface area contributed by atoms with Crippen LogP contribution in [0.5, 0.6) is 0 Å². The highest BCUT2D eigenvalue weighted by atomic mass is 35.5. The van der Waals surface area contributed by atoms with E-state index in [1.807, 2.05) is 0 Å². The molecule has 1 aromatic carbocycles. The van der Waals surface area contributed by atoms with Crippen LogP contribution in [-0.4, -0.2) is 22.0 Å². The lowest BCUT2D eigenvalue weighted by Gasteiger charge is -2.08. The number of carbonyl (C=O) groups excluding carboxylic acids is 1. The molecular formula is C13H8Cl2N2O3. The highest BCUT2D eigenvalue weighted by Gasteiger charge is 2.15. The number of carboxylic acid groups (broad SMARTS) is 1. The number of nitrogens with zero attached hydrogens (tertiary/aromatic N) is 1. The maximum absolute atomic E-state index is 12.0. The van der Waals surface area contributed by atoms with E-state index in [2.05, 4.69) is 10.3 Å². The first-order chi connectivity index (χ1) is 9.47. The molecule has 0 fully saturated rings. The van der Waals surface area contributed by atoms with Crippen molar-refractivity contribution in [1.82, 2.24) is 4.98 Å². The van der Waals surface area contributed by atoms with Crippen LogP contribution in [0.3, 0.4) is 0 Å². The van der Waals surface area contributed by atoms with Gasteiger partial charge < -0.3 is 10.4 Å². The van der Waals surface area contributed by atoms with Crippen molar-refractivity contribution in [3.05, 3.63) is 57.8 Å². The molecular weight excluding hydrogens is 303 g/mol. The first-order valence-corrected chi connectivity index (χ1v) is 6.20. The number of halogens is 2. The Bertz CT molecular complexity index is 689. The van der Waals surface area contributed by atoms with E-state index in [4.69, 9.17) is 28.3 Å². The molecule has 2 rings (SSSR count). The number of carboxylic acids is 1. The van der Waals surface area contributed by atoms with Crippen LogP contribution in [-0.2, 0) is 0 Å². The smallest absolute Gasteiger partial charge is 0.337 e. The number of pyridine rings is 1. The second kappa shape index (κ2) is 5.90. The minimum atomic E-state index is -1.17. The maximum Gasteiger partial charge on any atom is 0.337 e. The Hall–Kier alpha value is -2.11. The highest BCUT2D eigenvalue weighted by Crippen LogP contribution is 2.21. The lowest BCUT2D eigenvalue weighted by atomic mass is 10.1. The molecule has 0 aliphatic heterocycles. The van der Waals surface area contributed by atoms with Gasteiger partial charge in [-0.1, -0.05) is 29.3 Å². The number of hydrogen-bond donors (Lipinski definition) is 2. The third kappa shape index (κ3) is 3.26. The third-order valence-electron chi connectivity index (χ3n) is 2.41. The van der Waals surface area contributed by atoms with E-state index >= 15 is 0 Å². The van der Waals surface area contributed by atoms with Crippen LogP contribution in [0.15, 0.2) is 36.4 Å². The highest BCUT2D eigenvalue weighted by molar-refractivity contribution is 6.31. The monoisotopic (exact) mass is 310 g/mol. The van der Waals surface area contributed by atoms with Crippen LogP contribution in [0.25, 0.3) is 0 Å². The number of aromatic nitrogens is 1. The van der Waals surface area contributed by atoms with E-state index in [1.54, 1.807) is 6.07 Å². The van der Waals surface area contributed by atoms with Gasteiger partial charge in [0.15, 0.2) is 0 Å². The van der Waals surface area contributed by atoms with Crippen LogP contribution >= 0.6 is 23.2 Å². The Labute approximate surface area is 124 Å². The Morgan fingerprint density at radius 2 is 1.90 bits per heavy atom. The van der Waals surface area contributed by atoms with Crippen molar-refractivity contribution in [2.75, 3.05) is 5.32 Å². The second-order valence-electron chi connectivity index (χ2n) is 3.79. The van der Waals surface area contributed by atoms with Crippen LogP contribution in [0, 0.1) is 0 Å². The second-order valence-corrected chi connectivity index (χ2v) is 4.62. The van der Waals surface area contributed by atoms with Gasteiger partial charge in [0, 0.05) is 5.02 Å². The van der Waals surface area contributed by atoms with Gasteiger partial charge in [0.1, 0.15) is 10.8 Å². The summed E-state index contributed by atoms with van der Waals surface area (Å²) in [5.41, 5.74) is 0.107. The lowest BCUT2D eigenvalue weighted by Crippen LogP contribution is -2.16. The van der Waals surface area contributed by atoms with Gasteiger partial charge in [-0.25, -0.2) is 9.78 Å². The molecule has 1 aromatic heterocycles. The Morgan fingerprint density at radius 3 is 2.55 bits per heavy atom. The van der Waals surface area contributed by atoms with Crippen LogP contribution in [0.2, 0.25) is 10.2 Å². The number of aromatic carboxylic acids is 1. The van der Waals surface area contributed by atoms with Gasteiger partial charge in [-0.05, 0) is 30.3 Å². The normalized spacial score (nSPS) is 10.1. The van der Waals surface area contributed by atoms with Crippen molar-refractivity contribution in [1.29, 1.82) is 0 Å². The number of carbonyl (C=O) groups is 2. The molecule has 0 saturated carbocycles. The zero-order valence-electron chi connectivity index (χ0n) is 9.93. The summed E-state index contributed by atoms with van der Waals surface area (Å²) in [7, 11) is 0. The summed E-state index contributed by atoms with van der Waals surface area (Å²) in [6, 6.07) is 8.66. The van der Waals surface area contributed by atoms with Crippen molar-refractivity contribution in [2.24, 2.45) is 0 Å². The van der Waals surface area contributed by atoms with Gasteiger partial charge in [0.2, 0.25) is 0 Å². The van der Waals surface area contributed by atoms with Crippen molar-refractivity contribution in [3.63, 3.8) is 0 Å². The molecule has 0 aliphatic rings. The summed E-state index contributed by atoms with van der Waals surface area (Å²) in [5, 5.41) is 12.0. The van der Waals surface area contributed by atoms with E-state index in [9.17, 15) is 9.59 Å². The number of rotatable bonds is 3. The predicted molar refractivity (Wildman–Crippen MR) is 75.6 cm³/mol.